The molecule has 0 aliphatic rings. The van der Waals surface area contributed by atoms with E-state index in [4.69, 9.17) is 0 Å². The van der Waals surface area contributed by atoms with Gasteiger partial charge in [-0.2, -0.15) is 5.10 Å². The van der Waals surface area contributed by atoms with Gasteiger partial charge in [-0.3, -0.25) is 0 Å². The number of rotatable bonds is 3. The molecule has 2 heterocycles. The predicted molar refractivity (Wildman–Crippen MR) is 53.0 cm³/mol. The van der Waals surface area contributed by atoms with Crippen LogP contribution in [0.3, 0.4) is 0 Å². The summed E-state index contributed by atoms with van der Waals surface area (Å²) in [6, 6.07) is 0. The lowest BCUT2D eigenvalue weighted by Crippen LogP contribution is -2.20. The van der Waals surface area contributed by atoms with Gasteiger partial charge in [-0.05, 0) is 6.92 Å². The van der Waals surface area contributed by atoms with Gasteiger partial charge in [0.25, 0.3) is 5.92 Å². The van der Waals surface area contributed by atoms with Crippen LogP contribution in [0.1, 0.15) is 12.7 Å². The third-order valence-electron chi connectivity index (χ3n) is 1.99. The first-order valence-electron chi connectivity index (χ1n) is 4.73. The Morgan fingerprint density at radius 3 is 2.75 bits per heavy atom. The fourth-order valence-corrected chi connectivity index (χ4v) is 1.39. The van der Waals surface area contributed by atoms with Crippen LogP contribution in [0.25, 0.3) is 11.5 Å². The summed E-state index contributed by atoms with van der Waals surface area (Å²) in [6.07, 6.45) is 2.79. The van der Waals surface area contributed by atoms with E-state index in [9.17, 15) is 8.78 Å². The van der Waals surface area contributed by atoms with Crippen molar-refractivity contribution in [1.29, 1.82) is 0 Å². The Morgan fingerprint density at radius 2 is 2.19 bits per heavy atom. The van der Waals surface area contributed by atoms with Crippen LogP contribution >= 0.6 is 0 Å². The molecule has 0 aliphatic carbocycles. The molecule has 0 fully saturated rings. The summed E-state index contributed by atoms with van der Waals surface area (Å²) in [5, 5.41) is 3.76. The molecule has 86 valence electrons. The summed E-state index contributed by atoms with van der Waals surface area (Å²) >= 11 is 0. The van der Waals surface area contributed by atoms with Crippen molar-refractivity contribution in [2.45, 2.75) is 26.3 Å². The van der Waals surface area contributed by atoms with Crippen LogP contribution in [0.5, 0.6) is 0 Å². The second-order valence-corrected chi connectivity index (χ2v) is 3.69. The molecular weight excluding hydrogens is 216 g/mol. The molecule has 0 atom stereocenters. The zero-order valence-corrected chi connectivity index (χ0v) is 8.91. The number of alkyl halides is 2. The lowest BCUT2D eigenvalue weighted by atomic mass is 10.3. The second-order valence-electron chi connectivity index (χ2n) is 3.69. The number of H-pyrrole nitrogens is 1. The molecule has 0 amide bonds. The molecular formula is C9H11F2N5. The highest BCUT2D eigenvalue weighted by Crippen LogP contribution is 2.19. The minimum atomic E-state index is -2.82. The summed E-state index contributed by atoms with van der Waals surface area (Å²) in [4.78, 5) is 10.8. The van der Waals surface area contributed by atoms with Gasteiger partial charge >= 0.3 is 0 Å². The van der Waals surface area contributed by atoms with Crippen molar-refractivity contribution < 1.29 is 8.78 Å². The average Bonchev–Trinajstić information content (AvgIpc) is 2.71. The number of nitrogens with zero attached hydrogens (tertiary/aromatic N) is 4. The van der Waals surface area contributed by atoms with E-state index in [1.165, 1.54) is 6.33 Å². The molecule has 16 heavy (non-hydrogen) atoms. The molecule has 2 aromatic heterocycles. The van der Waals surface area contributed by atoms with Crippen LogP contribution in [0.15, 0.2) is 12.5 Å². The molecule has 0 unspecified atom stereocenters. The minimum absolute atomic E-state index is 0.363. The van der Waals surface area contributed by atoms with Crippen molar-refractivity contribution in [2.24, 2.45) is 0 Å². The van der Waals surface area contributed by atoms with Crippen LogP contribution in [0.4, 0.5) is 8.78 Å². The maximum absolute atomic E-state index is 12.9. The molecule has 0 radical (unpaired) electrons. The van der Waals surface area contributed by atoms with Crippen LogP contribution in [-0.2, 0) is 6.54 Å². The number of hydrogen-bond acceptors (Lipinski definition) is 3. The lowest BCUT2D eigenvalue weighted by molar-refractivity contribution is 0.000978. The molecule has 5 nitrogen and oxygen atoms in total. The fourth-order valence-electron chi connectivity index (χ4n) is 1.39. The van der Waals surface area contributed by atoms with Crippen molar-refractivity contribution in [3.63, 3.8) is 0 Å². The highest BCUT2D eigenvalue weighted by atomic mass is 19.3. The molecule has 0 saturated heterocycles. The number of hydrogen-bond donors (Lipinski definition) is 1. The van der Waals surface area contributed by atoms with Gasteiger partial charge in [-0.1, -0.05) is 0 Å². The van der Waals surface area contributed by atoms with Gasteiger partial charge in [0.05, 0.1) is 6.20 Å². The monoisotopic (exact) mass is 227 g/mol. The summed E-state index contributed by atoms with van der Waals surface area (Å²) in [5.41, 5.74) is 0.583. The molecule has 7 heteroatoms. The molecule has 0 aromatic carbocycles. The molecule has 2 aromatic rings. The third-order valence-corrected chi connectivity index (χ3v) is 1.99. The molecule has 1 N–H and O–H groups in total. The zero-order valence-electron chi connectivity index (χ0n) is 8.91. The molecule has 2 rings (SSSR count). The summed E-state index contributed by atoms with van der Waals surface area (Å²) in [5.74, 6) is -1.76. The van der Waals surface area contributed by atoms with E-state index >= 15 is 0 Å². The second kappa shape index (κ2) is 3.66. The lowest BCUT2D eigenvalue weighted by Gasteiger charge is -2.10. The topological polar surface area (TPSA) is 59.4 Å². The van der Waals surface area contributed by atoms with Crippen LogP contribution in [0.2, 0.25) is 0 Å². The number of imidazole rings is 1. The Hall–Kier alpha value is -1.79. The Kier molecular flexibility index (Phi) is 2.45. The van der Waals surface area contributed by atoms with Crippen molar-refractivity contribution >= 4 is 0 Å². The first-order chi connectivity index (χ1) is 7.46. The first-order valence-corrected chi connectivity index (χ1v) is 4.73. The predicted octanol–water partition coefficient (Wildman–Crippen LogP) is 1.63. The first kappa shape index (κ1) is 10.7. The normalized spacial score (nSPS) is 12.0. The van der Waals surface area contributed by atoms with E-state index in [2.05, 4.69) is 20.1 Å². The summed E-state index contributed by atoms with van der Waals surface area (Å²) in [7, 11) is 0. The summed E-state index contributed by atoms with van der Waals surface area (Å²) < 4.78 is 26.9. The van der Waals surface area contributed by atoms with Crippen molar-refractivity contribution in [3.05, 3.63) is 18.3 Å². The van der Waals surface area contributed by atoms with E-state index in [0.29, 0.717) is 17.3 Å². The highest BCUT2D eigenvalue weighted by molar-refractivity contribution is 5.47. The minimum Gasteiger partial charge on any atom is -0.340 e. The average molecular weight is 227 g/mol. The van der Waals surface area contributed by atoms with Crippen LogP contribution in [0, 0.1) is 6.92 Å². The standard InChI is InChI=1S/C9H11F2N5/c1-6-12-3-7(15-6)8-13-5-14-16(8)4-9(2,10)11/h3,5H,4H2,1-2H3,(H,12,15). The van der Waals surface area contributed by atoms with E-state index < -0.39 is 12.5 Å². The Bertz CT molecular complexity index is 482. The number of aryl methyl sites for hydroxylation is 1. The quantitative estimate of drug-likeness (QED) is 0.866. The van der Waals surface area contributed by atoms with Gasteiger partial charge in [-0.15, -0.1) is 0 Å². The number of aromatic nitrogens is 5. The Morgan fingerprint density at radius 1 is 1.44 bits per heavy atom. The van der Waals surface area contributed by atoms with Gasteiger partial charge in [0.2, 0.25) is 0 Å². The summed E-state index contributed by atoms with van der Waals surface area (Å²) in [6.45, 7) is 2.12. The van der Waals surface area contributed by atoms with E-state index in [1.54, 1.807) is 13.1 Å². The number of halogens is 2. The van der Waals surface area contributed by atoms with Gasteiger partial charge in [0.15, 0.2) is 5.82 Å². The zero-order chi connectivity index (χ0) is 11.8. The molecule has 0 aliphatic heterocycles. The van der Waals surface area contributed by atoms with Crippen LogP contribution < -0.4 is 0 Å². The maximum Gasteiger partial charge on any atom is 0.264 e. The van der Waals surface area contributed by atoms with Gasteiger partial charge in [0.1, 0.15) is 24.4 Å². The fraction of sp³-hybridized carbons (Fsp3) is 0.444. The van der Waals surface area contributed by atoms with Gasteiger partial charge in [-0.25, -0.2) is 23.4 Å². The Balaban J connectivity index is 2.33. The van der Waals surface area contributed by atoms with Gasteiger partial charge in [0, 0.05) is 6.92 Å². The van der Waals surface area contributed by atoms with Crippen molar-refractivity contribution in [1.82, 2.24) is 24.7 Å². The van der Waals surface area contributed by atoms with E-state index in [0.717, 1.165) is 11.6 Å². The Labute approximate surface area is 90.5 Å². The van der Waals surface area contributed by atoms with Crippen molar-refractivity contribution in [3.8, 4) is 11.5 Å². The maximum atomic E-state index is 12.9. The van der Waals surface area contributed by atoms with E-state index in [-0.39, 0.29) is 0 Å². The molecule has 0 bridgehead atoms. The third kappa shape index (κ3) is 2.23. The smallest absolute Gasteiger partial charge is 0.264 e. The molecule has 0 saturated carbocycles. The highest BCUT2D eigenvalue weighted by Gasteiger charge is 2.24. The number of nitrogens with one attached hydrogen (secondary N) is 1. The number of aromatic amines is 1. The van der Waals surface area contributed by atoms with Gasteiger partial charge < -0.3 is 4.98 Å². The van der Waals surface area contributed by atoms with Crippen LogP contribution in [-0.4, -0.2) is 30.7 Å². The molecule has 0 spiro atoms. The largest absolute Gasteiger partial charge is 0.340 e. The van der Waals surface area contributed by atoms with Crippen molar-refractivity contribution in [2.75, 3.05) is 0 Å². The SMILES string of the molecule is Cc1ncc(-c2ncnn2CC(C)(F)F)[nH]1. The van der Waals surface area contributed by atoms with E-state index in [1.807, 2.05) is 0 Å².